The summed E-state index contributed by atoms with van der Waals surface area (Å²) >= 11 is 0. The Morgan fingerprint density at radius 3 is 3.09 bits per heavy atom. The standard InChI is InChI=1S/C8H14FNO/c1-10-3-2-7(4-9)8(5-10)6-11/h4,8,11H,2-3,5-6H2,1H3/b7-4+. The van der Waals surface area contributed by atoms with Crippen molar-refractivity contribution in [2.24, 2.45) is 5.92 Å². The smallest absolute Gasteiger partial charge is 0.0863 e. The molecule has 1 aliphatic heterocycles. The van der Waals surface area contributed by atoms with Gasteiger partial charge in [-0.15, -0.1) is 0 Å². The quantitative estimate of drug-likeness (QED) is 0.611. The zero-order chi connectivity index (χ0) is 8.27. The van der Waals surface area contributed by atoms with Gasteiger partial charge < -0.3 is 10.0 Å². The largest absolute Gasteiger partial charge is 0.396 e. The first kappa shape index (κ1) is 8.68. The molecular formula is C8H14FNO. The normalized spacial score (nSPS) is 31.2. The first-order chi connectivity index (χ1) is 5.27. The molecule has 0 aromatic carbocycles. The summed E-state index contributed by atoms with van der Waals surface area (Å²) in [4.78, 5) is 2.11. The molecule has 0 aromatic rings. The van der Waals surface area contributed by atoms with Gasteiger partial charge in [0, 0.05) is 19.0 Å². The predicted molar refractivity (Wildman–Crippen MR) is 41.9 cm³/mol. The fourth-order valence-corrected chi connectivity index (χ4v) is 1.43. The van der Waals surface area contributed by atoms with Gasteiger partial charge in [-0.05, 0) is 19.0 Å². The average molecular weight is 159 g/mol. The Morgan fingerprint density at radius 1 is 1.82 bits per heavy atom. The molecule has 1 unspecified atom stereocenters. The molecule has 1 aliphatic rings. The van der Waals surface area contributed by atoms with Crippen molar-refractivity contribution in [1.82, 2.24) is 4.90 Å². The van der Waals surface area contributed by atoms with Gasteiger partial charge in [-0.2, -0.15) is 0 Å². The zero-order valence-corrected chi connectivity index (χ0v) is 6.76. The van der Waals surface area contributed by atoms with Gasteiger partial charge in [0.25, 0.3) is 0 Å². The number of hydrogen-bond donors (Lipinski definition) is 1. The van der Waals surface area contributed by atoms with Crippen molar-refractivity contribution in [2.45, 2.75) is 6.42 Å². The van der Waals surface area contributed by atoms with E-state index in [2.05, 4.69) is 4.90 Å². The second-order valence-electron chi connectivity index (χ2n) is 3.08. The van der Waals surface area contributed by atoms with Crippen molar-refractivity contribution in [1.29, 1.82) is 0 Å². The first-order valence-corrected chi connectivity index (χ1v) is 3.86. The van der Waals surface area contributed by atoms with Crippen LogP contribution >= 0.6 is 0 Å². The van der Waals surface area contributed by atoms with Gasteiger partial charge in [0.15, 0.2) is 0 Å². The van der Waals surface area contributed by atoms with Crippen molar-refractivity contribution >= 4 is 0 Å². The van der Waals surface area contributed by atoms with E-state index in [4.69, 9.17) is 5.11 Å². The Balaban J connectivity index is 2.55. The van der Waals surface area contributed by atoms with E-state index in [1.807, 2.05) is 7.05 Å². The zero-order valence-electron chi connectivity index (χ0n) is 6.76. The number of hydrogen-bond acceptors (Lipinski definition) is 2. The van der Waals surface area contributed by atoms with Gasteiger partial charge in [0.1, 0.15) is 0 Å². The molecule has 64 valence electrons. The molecule has 11 heavy (non-hydrogen) atoms. The third-order valence-corrected chi connectivity index (χ3v) is 2.20. The lowest BCUT2D eigenvalue weighted by molar-refractivity contribution is 0.175. The van der Waals surface area contributed by atoms with Crippen LogP contribution in [0.15, 0.2) is 11.9 Å². The van der Waals surface area contributed by atoms with E-state index in [1.165, 1.54) is 0 Å². The van der Waals surface area contributed by atoms with Crippen LogP contribution in [0.5, 0.6) is 0 Å². The molecule has 0 aromatic heterocycles. The summed E-state index contributed by atoms with van der Waals surface area (Å²) in [5, 5.41) is 8.88. The van der Waals surface area contributed by atoms with Gasteiger partial charge >= 0.3 is 0 Å². The van der Waals surface area contributed by atoms with Gasteiger partial charge in [-0.1, -0.05) is 0 Å². The van der Waals surface area contributed by atoms with E-state index in [0.717, 1.165) is 25.1 Å². The molecule has 0 bridgehead atoms. The van der Waals surface area contributed by atoms with Crippen LogP contribution in [0.25, 0.3) is 0 Å². The highest BCUT2D eigenvalue weighted by atomic mass is 19.1. The predicted octanol–water partition coefficient (Wildman–Crippen LogP) is 0.784. The summed E-state index contributed by atoms with van der Waals surface area (Å²) in [6.07, 6.45) is 1.39. The van der Waals surface area contributed by atoms with Crippen LogP contribution in [0.2, 0.25) is 0 Å². The number of aliphatic hydroxyl groups is 1. The number of nitrogens with zero attached hydrogens (tertiary/aromatic N) is 1. The average Bonchev–Trinajstić information content (AvgIpc) is 2.04. The van der Waals surface area contributed by atoms with Crippen LogP contribution in [0.3, 0.4) is 0 Å². The summed E-state index contributed by atoms with van der Waals surface area (Å²) in [6.45, 7) is 1.72. The van der Waals surface area contributed by atoms with Crippen molar-refractivity contribution in [3.05, 3.63) is 11.9 Å². The number of likely N-dealkylation sites (tertiary alicyclic amines) is 1. The van der Waals surface area contributed by atoms with Crippen molar-refractivity contribution in [2.75, 3.05) is 26.7 Å². The Bertz CT molecular complexity index is 158. The maximum absolute atomic E-state index is 12.2. The fourth-order valence-electron chi connectivity index (χ4n) is 1.43. The van der Waals surface area contributed by atoms with Gasteiger partial charge in [-0.3, -0.25) is 0 Å². The molecule has 3 heteroatoms. The van der Waals surface area contributed by atoms with Crippen LogP contribution < -0.4 is 0 Å². The highest BCUT2D eigenvalue weighted by Gasteiger charge is 2.20. The molecule has 2 nitrogen and oxygen atoms in total. The molecule has 0 amide bonds. The first-order valence-electron chi connectivity index (χ1n) is 3.86. The number of piperidine rings is 1. The highest BCUT2D eigenvalue weighted by Crippen LogP contribution is 2.21. The third-order valence-electron chi connectivity index (χ3n) is 2.20. The molecule has 1 atom stereocenters. The summed E-state index contributed by atoms with van der Waals surface area (Å²) in [7, 11) is 1.98. The fraction of sp³-hybridized carbons (Fsp3) is 0.750. The van der Waals surface area contributed by atoms with E-state index >= 15 is 0 Å². The summed E-state index contributed by atoms with van der Waals surface area (Å²) < 4.78 is 12.2. The molecule has 1 rings (SSSR count). The van der Waals surface area contributed by atoms with Crippen molar-refractivity contribution in [3.63, 3.8) is 0 Å². The number of halogens is 1. The van der Waals surface area contributed by atoms with Gasteiger partial charge in [0.2, 0.25) is 0 Å². The van der Waals surface area contributed by atoms with Gasteiger partial charge in [-0.25, -0.2) is 4.39 Å². The Kier molecular flexibility index (Phi) is 3.02. The minimum absolute atomic E-state index is 0.0127. The SMILES string of the molecule is CN1CC/C(=C\F)C(CO)C1. The van der Waals surface area contributed by atoms with E-state index in [1.54, 1.807) is 0 Å². The molecular weight excluding hydrogens is 145 g/mol. The van der Waals surface area contributed by atoms with Crippen LogP contribution in [-0.4, -0.2) is 36.8 Å². The second-order valence-corrected chi connectivity index (χ2v) is 3.08. The summed E-state index contributed by atoms with van der Waals surface area (Å²) in [6, 6.07) is 0. The molecule has 1 heterocycles. The molecule has 1 saturated heterocycles. The van der Waals surface area contributed by atoms with Crippen LogP contribution in [-0.2, 0) is 0 Å². The maximum atomic E-state index is 12.2. The lowest BCUT2D eigenvalue weighted by Gasteiger charge is -2.30. The van der Waals surface area contributed by atoms with E-state index in [9.17, 15) is 4.39 Å². The Morgan fingerprint density at radius 2 is 2.55 bits per heavy atom. The van der Waals surface area contributed by atoms with E-state index < -0.39 is 0 Å². The Labute approximate surface area is 66.3 Å². The lowest BCUT2D eigenvalue weighted by atomic mass is 9.94. The Hall–Kier alpha value is -0.410. The topological polar surface area (TPSA) is 23.5 Å². The molecule has 1 N–H and O–H groups in total. The molecule has 0 saturated carbocycles. The minimum atomic E-state index is 0.0127. The third kappa shape index (κ3) is 2.01. The van der Waals surface area contributed by atoms with E-state index in [0.29, 0.717) is 6.33 Å². The molecule has 0 spiro atoms. The molecule has 1 fully saturated rings. The number of aliphatic hydroxyl groups excluding tert-OH is 1. The van der Waals surface area contributed by atoms with E-state index in [-0.39, 0.29) is 12.5 Å². The van der Waals surface area contributed by atoms with Crippen molar-refractivity contribution in [3.8, 4) is 0 Å². The summed E-state index contributed by atoms with van der Waals surface area (Å²) in [5.74, 6) is 0.0127. The van der Waals surface area contributed by atoms with Crippen LogP contribution in [0.4, 0.5) is 4.39 Å². The van der Waals surface area contributed by atoms with Gasteiger partial charge in [0.05, 0.1) is 12.9 Å². The highest BCUT2D eigenvalue weighted by molar-refractivity contribution is 5.07. The lowest BCUT2D eigenvalue weighted by Crippen LogP contribution is -2.35. The van der Waals surface area contributed by atoms with Crippen LogP contribution in [0.1, 0.15) is 6.42 Å². The molecule has 0 aliphatic carbocycles. The van der Waals surface area contributed by atoms with Crippen molar-refractivity contribution < 1.29 is 9.50 Å². The van der Waals surface area contributed by atoms with Crippen LogP contribution in [0, 0.1) is 5.92 Å². The maximum Gasteiger partial charge on any atom is 0.0863 e. The summed E-state index contributed by atoms with van der Waals surface area (Å²) in [5.41, 5.74) is 0.755. The second kappa shape index (κ2) is 3.83. The minimum Gasteiger partial charge on any atom is -0.396 e. The molecule has 0 radical (unpaired) electrons. The monoisotopic (exact) mass is 159 g/mol. The number of rotatable bonds is 1.